The lowest BCUT2D eigenvalue weighted by molar-refractivity contribution is 0.0164. The highest BCUT2D eigenvalue weighted by Gasteiger charge is 2.57. The van der Waals surface area contributed by atoms with E-state index >= 15 is 0 Å². The van der Waals surface area contributed by atoms with E-state index in [0.717, 1.165) is 43.5 Å². The number of hydrogen-bond acceptors (Lipinski definition) is 4. The molecule has 1 amide bonds. The zero-order valence-corrected chi connectivity index (χ0v) is 16.1. The number of fused-ring (bicyclic) bond motifs is 4. The first kappa shape index (κ1) is 16.9. The number of benzene rings is 1. The van der Waals surface area contributed by atoms with Gasteiger partial charge in [0.15, 0.2) is 0 Å². The number of halogens is 1. The minimum absolute atomic E-state index is 0.0244. The molecule has 3 atom stereocenters. The third-order valence-electron chi connectivity index (χ3n) is 7.55. The van der Waals surface area contributed by atoms with Crippen LogP contribution in [0.15, 0.2) is 24.3 Å². The summed E-state index contributed by atoms with van der Waals surface area (Å²) in [5.41, 5.74) is 5.51. The number of nitrogens with zero attached hydrogens (tertiary/aromatic N) is 3. The van der Waals surface area contributed by atoms with E-state index in [9.17, 15) is 9.18 Å². The highest BCUT2D eigenvalue weighted by Crippen LogP contribution is 2.46. The van der Waals surface area contributed by atoms with Crippen LogP contribution >= 0.6 is 0 Å². The quantitative estimate of drug-likeness (QED) is 0.789. The van der Waals surface area contributed by atoms with Crippen LogP contribution < -0.4 is 5.43 Å². The maximum absolute atomic E-state index is 13.5. The van der Waals surface area contributed by atoms with Gasteiger partial charge in [0.25, 0.3) is 5.91 Å². The number of nitrogens with one attached hydrogen (secondary N) is 2. The van der Waals surface area contributed by atoms with Crippen LogP contribution in [0.25, 0.3) is 10.9 Å². The molecular formula is C21H26FN5O. The zero-order chi connectivity index (χ0) is 19.0. The second kappa shape index (κ2) is 5.78. The first-order valence-corrected chi connectivity index (χ1v) is 10.3. The summed E-state index contributed by atoms with van der Waals surface area (Å²) in [5, 5.41) is 3.22. The number of hydrazine groups is 1. The van der Waals surface area contributed by atoms with Gasteiger partial charge in [0.05, 0.1) is 0 Å². The fourth-order valence-electron chi connectivity index (χ4n) is 5.64. The van der Waals surface area contributed by atoms with E-state index < -0.39 is 0 Å². The van der Waals surface area contributed by atoms with Crippen LogP contribution in [0.5, 0.6) is 0 Å². The largest absolute Gasteiger partial charge is 0.351 e. The van der Waals surface area contributed by atoms with Crippen LogP contribution in [0.4, 0.5) is 4.39 Å². The van der Waals surface area contributed by atoms with Crippen molar-refractivity contribution in [1.29, 1.82) is 0 Å². The summed E-state index contributed by atoms with van der Waals surface area (Å²) in [6.45, 7) is 3.71. The maximum Gasteiger partial charge on any atom is 0.270 e. The number of likely N-dealkylation sites (N-methyl/N-ethyl adjacent to an activating group) is 1. The number of carbonyl (C=O) groups excluding carboxylic acids is 1. The molecule has 28 heavy (non-hydrogen) atoms. The number of carbonyl (C=O) groups is 1. The van der Waals surface area contributed by atoms with E-state index in [0.29, 0.717) is 29.2 Å². The Morgan fingerprint density at radius 2 is 2.11 bits per heavy atom. The van der Waals surface area contributed by atoms with Crippen molar-refractivity contribution in [2.24, 2.45) is 5.92 Å². The molecule has 0 radical (unpaired) electrons. The molecule has 0 bridgehead atoms. The molecular weight excluding hydrogens is 357 g/mol. The number of H-pyrrole nitrogens is 1. The van der Waals surface area contributed by atoms with Gasteiger partial charge < -0.3 is 9.88 Å². The Labute approximate surface area is 163 Å². The summed E-state index contributed by atoms with van der Waals surface area (Å²) in [5.74, 6) is 0.202. The standard InChI is InChI=1S/C21H26FN5O/c1-25-11-19-15-10-26(7-4-17(15)24-27(19)12-21(25)5-6-21)20(28)18-9-13-8-14(22)2-3-16(13)23-18/h2-3,8-9,15,17,19,23-24H,4-7,10-12H2,1H3. The molecule has 3 aliphatic heterocycles. The molecule has 1 aliphatic carbocycles. The van der Waals surface area contributed by atoms with Crippen molar-refractivity contribution in [3.05, 3.63) is 35.8 Å². The van der Waals surface area contributed by atoms with Gasteiger partial charge in [-0.15, -0.1) is 0 Å². The van der Waals surface area contributed by atoms with E-state index in [1.807, 2.05) is 4.90 Å². The summed E-state index contributed by atoms with van der Waals surface area (Å²) in [6.07, 6.45) is 3.58. The first-order chi connectivity index (χ1) is 13.5. The van der Waals surface area contributed by atoms with Crippen LogP contribution in [-0.2, 0) is 0 Å². The normalized spacial score (nSPS) is 31.9. The van der Waals surface area contributed by atoms with Gasteiger partial charge in [-0.1, -0.05) is 0 Å². The van der Waals surface area contributed by atoms with Crippen molar-refractivity contribution in [3.8, 4) is 0 Å². The summed E-state index contributed by atoms with van der Waals surface area (Å²) in [4.78, 5) is 20.8. The number of likely N-dealkylation sites (tertiary alicyclic amines) is 1. The Kier molecular flexibility index (Phi) is 3.50. The van der Waals surface area contributed by atoms with Crippen molar-refractivity contribution >= 4 is 16.8 Å². The number of piperazine rings is 1. The smallest absolute Gasteiger partial charge is 0.270 e. The third-order valence-corrected chi connectivity index (χ3v) is 7.55. The fourth-order valence-corrected chi connectivity index (χ4v) is 5.64. The average Bonchev–Trinajstić information content (AvgIpc) is 3.19. The maximum atomic E-state index is 13.5. The molecule has 1 aromatic carbocycles. The number of hydrogen-bond donors (Lipinski definition) is 2. The molecule has 7 heteroatoms. The molecule has 3 unspecified atom stereocenters. The van der Waals surface area contributed by atoms with Gasteiger partial charge in [0, 0.05) is 60.6 Å². The SMILES string of the molecule is CN1CC2C3CN(C(=O)c4cc5cc(F)ccc5[nH]4)CCC3NN2CC12CC2. The van der Waals surface area contributed by atoms with E-state index in [2.05, 4.69) is 27.4 Å². The van der Waals surface area contributed by atoms with Gasteiger partial charge in [-0.25, -0.2) is 9.40 Å². The van der Waals surface area contributed by atoms with Crippen LogP contribution in [0.2, 0.25) is 0 Å². The van der Waals surface area contributed by atoms with Gasteiger partial charge in [-0.3, -0.25) is 15.1 Å². The van der Waals surface area contributed by atoms with Gasteiger partial charge >= 0.3 is 0 Å². The number of piperidine rings is 1. The predicted molar refractivity (Wildman–Crippen MR) is 104 cm³/mol. The van der Waals surface area contributed by atoms with Crippen molar-refractivity contribution in [2.75, 3.05) is 33.2 Å². The van der Waals surface area contributed by atoms with Crippen molar-refractivity contribution < 1.29 is 9.18 Å². The van der Waals surface area contributed by atoms with E-state index in [-0.39, 0.29) is 11.7 Å². The molecule has 6 nitrogen and oxygen atoms in total. The Hall–Kier alpha value is -1.96. The molecule has 148 valence electrons. The molecule has 2 N–H and O–H groups in total. The van der Waals surface area contributed by atoms with Gasteiger partial charge in [-0.05, 0) is 50.6 Å². The number of aromatic amines is 1. The van der Waals surface area contributed by atoms with Crippen molar-refractivity contribution in [2.45, 2.75) is 36.9 Å². The van der Waals surface area contributed by atoms with Crippen molar-refractivity contribution in [1.82, 2.24) is 25.2 Å². The van der Waals surface area contributed by atoms with E-state index in [1.54, 1.807) is 12.1 Å². The lowest BCUT2D eigenvalue weighted by atomic mass is 9.86. The molecule has 4 fully saturated rings. The Bertz CT molecular complexity index is 953. The van der Waals surface area contributed by atoms with Crippen LogP contribution in [0.1, 0.15) is 29.8 Å². The molecule has 6 rings (SSSR count). The van der Waals surface area contributed by atoms with Gasteiger partial charge in [0.1, 0.15) is 11.5 Å². The second-order valence-corrected chi connectivity index (χ2v) is 9.15. The van der Waals surface area contributed by atoms with E-state index in [1.165, 1.54) is 25.0 Å². The monoisotopic (exact) mass is 383 g/mol. The molecule has 1 spiro atoms. The van der Waals surface area contributed by atoms with E-state index in [4.69, 9.17) is 0 Å². The summed E-state index contributed by atoms with van der Waals surface area (Å²) >= 11 is 0. The van der Waals surface area contributed by atoms with Crippen LogP contribution in [0, 0.1) is 11.7 Å². The lowest BCUT2D eigenvalue weighted by Crippen LogP contribution is -2.60. The number of rotatable bonds is 1. The van der Waals surface area contributed by atoms with Gasteiger partial charge in [-0.2, -0.15) is 0 Å². The predicted octanol–water partition coefficient (Wildman–Crippen LogP) is 1.80. The zero-order valence-electron chi connectivity index (χ0n) is 16.1. The Balaban J connectivity index is 1.22. The van der Waals surface area contributed by atoms with Crippen LogP contribution in [-0.4, -0.2) is 76.5 Å². The summed E-state index contributed by atoms with van der Waals surface area (Å²) in [6, 6.07) is 7.29. The average molecular weight is 383 g/mol. The minimum Gasteiger partial charge on any atom is -0.351 e. The first-order valence-electron chi connectivity index (χ1n) is 10.3. The fraction of sp³-hybridized carbons (Fsp3) is 0.571. The molecule has 1 saturated carbocycles. The Morgan fingerprint density at radius 3 is 2.93 bits per heavy atom. The third kappa shape index (κ3) is 2.46. The number of aromatic nitrogens is 1. The molecule has 4 heterocycles. The lowest BCUT2D eigenvalue weighted by Gasteiger charge is -2.44. The molecule has 3 saturated heterocycles. The highest BCUT2D eigenvalue weighted by atomic mass is 19.1. The summed E-state index contributed by atoms with van der Waals surface area (Å²) < 4.78 is 13.5. The topological polar surface area (TPSA) is 54.6 Å². The minimum atomic E-state index is -0.279. The molecule has 2 aromatic rings. The van der Waals surface area contributed by atoms with Crippen molar-refractivity contribution in [3.63, 3.8) is 0 Å². The highest BCUT2D eigenvalue weighted by molar-refractivity contribution is 5.98. The second-order valence-electron chi connectivity index (χ2n) is 9.15. The van der Waals surface area contributed by atoms with Gasteiger partial charge in [0.2, 0.25) is 0 Å². The summed E-state index contributed by atoms with van der Waals surface area (Å²) in [7, 11) is 2.26. The Morgan fingerprint density at radius 1 is 1.25 bits per heavy atom. The molecule has 4 aliphatic rings. The molecule has 1 aromatic heterocycles. The number of amides is 1. The van der Waals surface area contributed by atoms with Crippen LogP contribution in [0.3, 0.4) is 0 Å².